The van der Waals surface area contributed by atoms with Gasteiger partial charge in [0.2, 0.25) is 0 Å². The fourth-order valence-electron chi connectivity index (χ4n) is 4.53. The average molecular weight is 396 g/mol. The Bertz CT molecular complexity index is 1260. The summed E-state index contributed by atoms with van der Waals surface area (Å²) in [7, 11) is 0. The van der Waals surface area contributed by atoms with E-state index >= 15 is 0 Å². The van der Waals surface area contributed by atoms with E-state index < -0.39 is 24.3 Å². The molecule has 30 heavy (non-hydrogen) atoms. The molecule has 2 aliphatic heterocycles. The summed E-state index contributed by atoms with van der Waals surface area (Å²) in [4.78, 5) is 24.8. The van der Waals surface area contributed by atoms with Crippen LogP contribution in [0.5, 0.6) is 11.5 Å². The molecule has 0 spiro atoms. The minimum Gasteiger partial charge on any atom is -0.410 e. The summed E-state index contributed by atoms with van der Waals surface area (Å²) < 4.78 is 10.9. The molecule has 2 N–H and O–H groups in total. The normalized spacial score (nSPS) is 19.9. The summed E-state index contributed by atoms with van der Waals surface area (Å²) in [5.41, 5.74) is 1.66. The Morgan fingerprint density at radius 3 is 1.47 bits per heavy atom. The second-order valence-corrected chi connectivity index (χ2v) is 7.42. The monoisotopic (exact) mass is 396 g/mol. The van der Waals surface area contributed by atoms with Gasteiger partial charge < -0.3 is 20.1 Å². The molecule has 4 aromatic rings. The molecule has 2 heterocycles. The van der Waals surface area contributed by atoms with Gasteiger partial charge in [-0.25, -0.2) is 9.59 Å². The van der Waals surface area contributed by atoms with Crippen LogP contribution in [0.25, 0.3) is 21.5 Å². The summed E-state index contributed by atoms with van der Waals surface area (Å²) >= 11 is 0. The maximum Gasteiger partial charge on any atom is 0.413 e. The van der Waals surface area contributed by atoms with Gasteiger partial charge in [0.05, 0.1) is 12.1 Å². The average Bonchev–Trinajstić information content (AvgIpc) is 2.77. The van der Waals surface area contributed by atoms with Crippen molar-refractivity contribution in [1.82, 2.24) is 10.6 Å². The summed E-state index contributed by atoms with van der Waals surface area (Å²) in [6.07, 6.45) is -1.10. The van der Waals surface area contributed by atoms with Gasteiger partial charge in [-0.2, -0.15) is 0 Å². The third-order valence-electron chi connectivity index (χ3n) is 5.77. The van der Waals surface area contributed by atoms with Gasteiger partial charge in [-0.15, -0.1) is 0 Å². The SMILES string of the molecule is O=C1N[C@@H]([C@H]2NC(=O)Oc3ccc4ccccc4c32)c2c(ccc3ccccc23)O1. The number of benzene rings is 4. The van der Waals surface area contributed by atoms with E-state index in [9.17, 15) is 9.59 Å². The molecule has 0 bridgehead atoms. The number of amides is 2. The largest absolute Gasteiger partial charge is 0.413 e. The number of hydrogen-bond donors (Lipinski definition) is 2. The van der Waals surface area contributed by atoms with E-state index in [2.05, 4.69) is 10.6 Å². The molecule has 2 atom stereocenters. The zero-order valence-corrected chi connectivity index (χ0v) is 15.7. The summed E-state index contributed by atoms with van der Waals surface area (Å²) in [5, 5.41) is 9.83. The van der Waals surface area contributed by atoms with Crippen molar-refractivity contribution >= 4 is 33.7 Å². The van der Waals surface area contributed by atoms with Crippen molar-refractivity contribution in [3.8, 4) is 11.5 Å². The first-order valence-electron chi connectivity index (χ1n) is 9.69. The van der Waals surface area contributed by atoms with E-state index in [0.717, 1.165) is 32.7 Å². The molecule has 0 fully saturated rings. The predicted octanol–water partition coefficient (Wildman–Crippen LogP) is 4.98. The number of carbonyl (C=O) groups is 2. The molecule has 4 aromatic carbocycles. The summed E-state index contributed by atoms with van der Waals surface area (Å²) in [6.45, 7) is 0. The van der Waals surface area contributed by atoms with Gasteiger partial charge in [0.25, 0.3) is 0 Å². The van der Waals surface area contributed by atoms with E-state index in [1.165, 1.54) is 0 Å². The maximum atomic E-state index is 12.4. The van der Waals surface area contributed by atoms with E-state index in [-0.39, 0.29) is 0 Å². The van der Waals surface area contributed by atoms with Crippen LogP contribution >= 0.6 is 0 Å². The zero-order chi connectivity index (χ0) is 20.2. The van der Waals surface area contributed by atoms with Crippen molar-refractivity contribution in [3.63, 3.8) is 0 Å². The first-order valence-corrected chi connectivity index (χ1v) is 9.69. The minimum absolute atomic E-state index is 0.491. The molecule has 0 aliphatic carbocycles. The third-order valence-corrected chi connectivity index (χ3v) is 5.77. The molecule has 2 amide bonds. The Hall–Kier alpha value is -4.06. The molecule has 6 heteroatoms. The lowest BCUT2D eigenvalue weighted by molar-refractivity contribution is 0.168. The summed E-state index contributed by atoms with van der Waals surface area (Å²) in [5.74, 6) is 0.981. The second kappa shape index (κ2) is 6.22. The van der Waals surface area contributed by atoms with Gasteiger partial charge in [0, 0.05) is 11.1 Å². The lowest BCUT2D eigenvalue weighted by Gasteiger charge is -2.36. The first-order chi connectivity index (χ1) is 14.7. The molecule has 0 saturated carbocycles. The Balaban J connectivity index is 1.63. The standard InChI is InChI=1S/C24H16N2O4/c27-23-25-21(19-15-7-3-1-5-13(15)9-11-17(19)29-23)22-20-16-8-4-2-6-14(16)10-12-18(20)30-24(28)26-22/h1-12,21-22H,(H,25,27)(H,26,28)/t21-,22+. The van der Waals surface area contributed by atoms with E-state index in [1.807, 2.05) is 60.7 Å². The van der Waals surface area contributed by atoms with Crippen molar-refractivity contribution in [1.29, 1.82) is 0 Å². The van der Waals surface area contributed by atoms with E-state index in [1.54, 1.807) is 12.1 Å². The van der Waals surface area contributed by atoms with Crippen molar-refractivity contribution < 1.29 is 19.1 Å². The Kier molecular flexibility index (Phi) is 3.49. The van der Waals surface area contributed by atoms with Gasteiger partial charge >= 0.3 is 12.2 Å². The molecule has 6 rings (SSSR count). The quantitative estimate of drug-likeness (QED) is 0.476. The number of rotatable bonds is 1. The zero-order valence-electron chi connectivity index (χ0n) is 15.7. The highest BCUT2D eigenvalue weighted by atomic mass is 16.6. The van der Waals surface area contributed by atoms with E-state index in [0.29, 0.717) is 11.5 Å². The van der Waals surface area contributed by atoms with Crippen LogP contribution in [0.3, 0.4) is 0 Å². The number of carbonyl (C=O) groups excluding carboxylic acids is 2. The highest BCUT2D eigenvalue weighted by Crippen LogP contribution is 2.46. The van der Waals surface area contributed by atoms with Gasteiger partial charge in [-0.1, -0.05) is 60.7 Å². The molecule has 0 aromatic heterocycles. The fraction of sp³-hybridized carbons (Fsp3) is 0.0833. The number of nitrogens with one attached hydrogen (secondary N) is 2. The van der Waals surface area contributed by atoms with Gasteiger partial charge in [0.1, 0.15) is 11.5 Å². The van der Waals surface area contributed by atoms with Crippen LogP contribution in [0, 0.1) is 0 Å². The van der Waals surface area contributed by atoms with Crippen molar-refractivity contribution in [2.45, 2.75) is 12.1 Å². The Morgan fingerprint density at radius 1 is 0.567 bits per heavy atom. The Morgan fingerprint density at radius 2 is 1.00 bits per heavy atom. The fourth-order valence-corrected chi connectivity index (χ4v) is 4.53. The number of fused-ring (bicyclic) bond motifs is 6. The van der Waals surface area contributed by atoms with Crippen LogP contribution in [0.1, 0.15) is 23.2 Å². The smallest absolute Gasteiger partial charge is 0.410 e. The molecule has 0 radical (unpaired) electrons. The lowest BCUT2D eigenvalue weighted by Crippen LogP contribution is -2.47. The molecule has 146 valence electrons. The number of hydrogen-bond acceptors (Lipinski definition) is 4. The van der Waals surface area contributed by atoms with Crippen LogP contribution < -0.4 is 20.1 Å². The van der Waals surface area contributed by atoms with Crippen molar-refractivity contribution in [3.05, 3.63) is 83.9 Å². The number of ether oxygens (including phenoxy) is 2. The third kappa shape index (κ3) is 2.43. The lowest BCUT2D eigenvalue weighted by atomic mass is 9.86. The van der Waals surface area contributed by atoms with Crippen molar-refractivity contribution in [2.24, 2.45) is 0 Å². The van der Waals surface area contributed by atoms with Crippen LogP contribution in [0.15, 0.2) is 72.8 Å². The Labute approximate surface area is 171 Å². The molecule has 6 nitrogen and oxygen atoms in total. The van der Waals surface area contributed by atoms with E-state index in [4.69, 9.17) is 9.47 Å². The predicted molar refractivity (Wildman–Crippen MR) is 112 cm³/mol. The topological polar surface area (TPSA) is 76.7 Å². The van der Waals surface area contributed by atoms with Crippen LogP contribution in [-0.2, 0) is 0 Å². The van der Waals surface area contributed by atoms with Gasteiger partial charge in [-0.3, -0.25) is 0 Å². The van der Waals surface area contributed by atoms with Gasteiger partial charge in [0.15, 0.2) is 0 Å². The molecular formula is C24H16N2O4. The second-order valence-electron chi connectivity index (χ2n) is 7.42. The molecule has 2 aliphatic rings. The first kappa shape index (κ1) is 16.9. The molecule has 0 unspecified atom stereocenters. The van der Waals surface area contributed by atoms with Crippen LogP contribution in [0.2, 0.25) is 0 Å². The van der Waals surface area contributed by atoms with Crippen LogP contribution in [0.4, 0.5) is 9.59 Å². The van der Waals surface area contributed by atoms with Gasteiger partial charge in [-0.05, 0) is 33.7 Å². The van der Waals surface area contributed by atoms with Crippen molar-refractivity contribution in [2.75, 3.05) is 0 Å². The van der Waals surface area contributed by atoms with Crippen LogP contribution in [-0.4, -0.2) is 12.2 Å². The highest BCUT2D eigenvalue weighted by Gasteiger charge is 2.40. The molecule has 0 saturated heterocycles. The summed E-state index contributed by atoms with van der Waals surface area (Å²) in [6, 6.07) is 22.2. The molecular weight excluding hydrogens is 380 g/mol. The maximum absolute atomic E-state index is 12.4. The minimum atomic E-state index is -0.551. The highest BCUT2D eigenvalue weighted by molar-refractivity contribution is 5.94.